The monoisotopic (exact) mass is 286 g/mol. The fourth-order valence-corrected chi connectivity index (χ4v) is 3.84. The first-order valence-corrected chi connectivity index (χ1v) is 7.68. The molecule has 0 radical (unpaired) electrons. The van der Waals surface area contributed by atoms with E-state index in [1.807, 2.05) is 0 Å². The van der Waals surface area contributed by atoms with Gasteiger partial charge in [0.2, 0.25) is 10.0 Å². The van der Waals surface area contributed by atoms with Crippen LogP contribution in [0.1, 0.15) is 10.4 Å². The molecular weight excluding hydrogens is 272 g/mol. The summed E-state index contributed by atoms with van der Waals surface area (Å²) in [7, 11) is -3.45. The summed E-state index contributed by atoms with van der Waals surface area (Å²) in [5, 5.41) is 6.38. The second-order valence-electron chi connectivity index (χ2n) is 3.69. The summed E-state index contributed by atoms with van der Waals surface area (Å²) in [6, 6.07) is 3.40. The van der Waals surface area contributed by atoms with Crippen molar-refractivity contribution in [1.82, 2.24) is 14.9 Å². The summed E-state index contributed by atoms with van der Waals surface area (Å²) in [6.45, 7) is 0.741. The number of thiophene rings is 1. The van der Waals surface area contributed by atoms with E-state index in [1.54, 1.807) is 24.5 Å². The van der Waals surface area contributed by atoms with Crippen LogP contribution in [0.3, 0.4) is 0 Å². The maximum atomic E-state index is 12.0. The molecular formula is C10H14N4O2S2. The second-order valence-corrected chi connectivity index (χ2v) is 6.85. The first kappa shape index (κ1) is 13.2. The van der Waals surface area contributed by atoms with Crippen LogP contribution in [0, 0.1) is 0 Å². The van der Waals surface area contributed by atoms with Crippen LogP contribution in [-0.4, -0.2) is 25.2 Å². The normalized spacial score (nSPS) is 11.8. The lowest BCUT2D eigenvalue weighted by atomic mass is 10.3. The summed E-state index contributed by atoms with van der Waals surface area (Å²) in [5.41, 5.74) is 6.22. The molecule has 0 aromatic carbocycles. The minimum absolute atomic E-state index is 0.225. The molecule has 0 unspecified atom stereocenters. The third-order valence-corrected chi connectivity index (χ3v) is 5.35. The number of hydrogen-bond acceptors (Lipinski definition) is 5. The van der Waals surface area contributed by atoms with E-state index < -0.39 is 10.0 Å². The molecule has 0 spiro atoms. The van der Waals surface area contributed by atoms with E-state index in [-0.39, 0.29) is 6.54 Å². The van der Waals surface area contributed by atoms with Crippen molar-refractivity contribution in [3.05, 3.63) is 35.0 Å². The number of hydrogen-bond donors (Lipinski definition) is 3. The lowest BCUT2D eigenvalue weighted by molar-refractivity contribution is 0.583. The van der Waals surface area contributed by atoms with Crippen LogP contribution >= 0.6 is 11.3 Å². The molecule has 2 heterocycles. The van der Waals surface area contributed by atoms with Crippen LogP contribution in [-0.2, 0) is 23.0 Å². The molecule has 4 N–H and O–H groups in total. The van der Waals surface area contributed by atoms with E-state index in [9.17, 15) is 8.42 Å². The van der Waals surface area contributed by atoms with Crippen molar-refractivity contribution in [2.24, 2.45) is 5.73 Å². The van der Waals surface area contributed by atoms with Crippen molar-refractivity contribution in [1.29, 1.82) is 0 Å². The van der Waals surface area contributed by atoms with E-state index in [0.717, 1.165) is 10.4 Å². The van der Waals surface area contributed by atoms with Gasteiger partial charge in [0, 0.05) is 23.2 Å². The van der Waals surface area contributed by atoms with Gasteiger partial charge in [0.25, 0.3) is 0 Å². The second kappa shape index (κ2) is 5.61. The van der Waals surface area contributed by atoms with E-state index >= 15 is 0 Å². The van der Waals surface area contributed by atoms with Gasteiger partial charge in [-0.05, 0) is 25.1 Å². The molecule has 0 aliphatic carbocycles. The summed E-state index contributed by atoms with van der Waals surface area (Å²) in [5.74, 6) is 0. The molecule has 0 fully saturated rings. The Morgan fingerprint density at radius 3 is 2.94 bits per heavy atom. The van der Waals surface area contributed by atoms with Crippen molar-refractivity contribution in [2.75, 3.05) is 6.54 Å². The molecule has 0 saturated carbocycles. The maximum Gasteiger partial charge on any atom is 0.250 e. The number of H-pyrrole nitrogens is 1. The third-order valence-electron chi connectivity index (χ3n) is 2.31. The van der Waals surface area contributed by atoms with Gasteiger partial charge in [-0.1, -0.05) is 0 Å². The average molecular weight is 286 g/mol. The van der Waals surface area contributed by atoms with Gasteiger partial charge in [0.05, 0.1) is 6.20 Å². The standard InChI is InChI=1S/C10H14N4O2S2/c11-4-3-9-1-2-10(17-9)18(15,16)14-7-8-5-12-13-6-8/h1-2,5-6,14H,3-4,7,11H2,(H,12,13). The smallest absolute Gasteiger partial charge is 0.250 e. The molecule has 98 valence electrons. The molecule has 6 nitrogen and oxygen atoms in total. The summed E-state index contributed by atoms with van der Waals surface area (Å²) in [4.78, 5) is 0.973. The molecule has 0 atom stereocenters. The Morgan fingerprint density at radius 2 is 2.28 bits per heavy atom. The number of nitrogens with two attached hydrogens (primary N) is 1. The average Bonchev–Trinajstić information content (AvgIpc) is 2.98. The van der Waals surface area contributed by atoms with Gasteiger partial charge in [0.15, 0.2) is 0 Å². The third kappa shape index (κ3) is 3.16. The van der Waals surface area contributed by atoms with Crippen LogP contribution in [0.5, 0.6) is 0 Å². The Morgan fingerprint density at radius 1 is 1.44 bits per heavy atom. The van der Waals surface area contributed by atoms with Gasteiger partial charge in [-0.2, -0.15) is 5.10 Å². The van der Waals surface area contributed by atoms with Crippen molar-refractivity contribution in [3.8, 4) is 0 Å². The molecule has 0 aliphatic heterocycles. The Balaban J connectivity index is 2.05. The van der Waals surface area contributed by atoms with E-state index in [2.05, 4.69) is 14.9 Å². The zero-order valence-corrected chi connectivity index (χ0v) is 11.2. The first-order valence-electron chi connectivity index (χ1n) is 5.38. The number of rotatable bonds is 6. The van der Waals surface area contributed by atoms with Crippen LogP contribution < -0.4 is 10.5 Å². The number of nitrogens with zero attached hydrogens (tertiary/aromatic N) is 1. The highest BCUT2D eigenvalue weighted by molar-refractivity contribution is 7.91. The van der Waals surface area contributed by atoms with E-state index in [1.165, 1.54) is 11.3 Å². The molecule has 0 saturated heterocycles. The zero-order valence-electron chi connectivity index (χ0n) is 9.59. The largest absolute Gasteiger partial charge is 0.330 e. The molecule has 2 aromatic heterocycles. The number of aromatic nitrogens is 2. The molecule has 18 heavy (non-hydrogen) atoms. The zero-order chi connectivity index (χ0) is 13.0. The Hall–Kier alpha value is -1.22. The van der Waals surface area contributed by atoms with Gasteiger partial charge in [-0.15, -0.1) is 11.3 Å². The van der Waals surface area contributed by atoms with Crippen molar-refractivity contribution in [2.45, 2.75) is 17.2 Å². The van der Waals surface area contributed by atoms with Gasteiger partial charge in [0.1, 0.15) is 4.21 Å². The van der Waals surface area contributed by atoms with Gasteiger partial charge < -0.3 is 5.73 Å². The molecule has 2 aromatic rings. The summed E-state index contributed by atoms with van der Waals surface area (Å²) >= 11 is 1.25. The quantitative estimate of drug-likeness (QED) is 0.717. The highest BCUT2D eigenvalue weighted by Crippen LogP contribution is 2.21. The molecule has 0 amide bonds. The van der Waals surface area contributed by atoms with Crippen LogP contribution in [0.4, 0.5) is 0 Å². The van der Waals surface area contributed by atoms with Gasteiger partial charge in [-0.25, -0.2) is 13.1 Å². The predicted molar refractivity (Wildman–Crippen MR) is 69.7 cm³/mol. The number of aromatic amines is 1. The summed E-state index contributed by atoms with van der Waals surface area (Å²) < 4.78 is 26.8. The van der Waals surface area contributed by atoms with Crippen molar-refractivity contribution < 1.29 is 8.42 Å². The van der Waals surface area contributed by atoms with Gasteiger partial charge in [-0.3, -0.25) is 5.10 Å². The molecule has 0 aliphatic rings. The topological polar surface area (TPSA) is 101 Å². The number of sulfonamides is 1. The van der Waals surface area contributed by atoms with E-state index in [0.29, 0.717) is 17.2 Å². The van der Waals surface area contributed by atoms with Crippen LogP contribution in [0.2, 0.25) is 0 Å². The predicted octanol–water partition coefficient (Wildman–Crippen LogP) is 0.451. The minimum atomic E-state index is -3.45. The van der Waals surface area contributed by atoms with Crippen LogP contribution in [0.25, 0.3) is 0 Å². The first-order chi connectivity index (χ1) is 8.62. The van der Waals surface area contributed by atoms with Gasteiger partial charge >= 0.3 is 0 Å². The Bertz CT molecular complexity index is 589. The Kier molecular flexibility index (Phi) is 4.12. The number of nitrogens with one attached hydrogen (secondary N) is 2. The van der Waals surface area contributed by atoms with E-state index in [4.69, 9.17) is 5.73 Å². The molecule has 8 heteroatoms. The summed E-state index contributed by atoms with van der Waals surface area (Å²) in [6.07, 6.45) is 3.93. The van der Waals surface area contributed by atoms with Crippen molar-refractivity contribution in [3.63, 3.8) is 0 Å². The molecule has 0 bridgehead atoms. The van der Waals surface area contributed by atoms with Crippen LogP contribution in [0.15, 0.2) is 28.7 Å². The highest BCUT2D eigenvalue weighted by atomic mass is 32.2. The lowest BCUT2D eigenvalue weighted by Crippen LogP contribution is -2.22. The Labute approximate surface area is 109 Å². The highest BCUT2D eigenvalue weighted by Gasteiger charge is 2.16. The van der Waals surface area contributed by atoms with Crippen molar-refractivity contribution >= 4 is 21.4 Å². The molecule has 2 rings (SSSR count). The fourth-order valence-electron chi connectivity index (χ4n) is 1.40. The lowest BCUT2D eigenvalue weighted by Gasteiger charge is -2.02. The fraction of sp³-hybridized carbons (Fsp3) is 0.300. The minimum Gasteiger partial charge on any atom is -0.330 e. The SMILES string of the molecule is NCCc1ccc(S(=O)(=O)NCc2cn[nH]c2)s1. The maximum absolute atomic E-state index is 12.0.